The van der Waals surface area contributed by atoms with Gasteiger partial charge >= 0.3 is 0 Å². The number of aromatic nitrogens is 5. The molecule has 28 heavy (non-hydrogen) atoms. The normalized spacial score (nSPS) is 14.1. The molecule has 10 heteroatoms. The molecular formula is C18H21N7O2S. The van der Waals surface area contributed by atoms with Crippen LogP contribution in [0, 0.1) is 6.92 Å². The number of nitrogens with one attached hydrogen (secondary N) is 2. The Kier molecular flexibility index (Phi) is 4.71. The molecule has 1 saturated carbocycles. The molecule has 0 bridgehead atoms. The lowest BCUT2D eigenvalue weighted by atomic mass is 10.2. The first kappa shape index (κ1) is 18.4. The second-order valence-electron chi connectivity index (χ2n) is 6.65. The highest BCUT2D eigenvalue weighted by atomic mass is 32.2. The Morgan fingerprint density at radius 1 is 1.21 bits per heavy atom. The number of nitrogens with zero attached hydrogens (tertiary/aromatic N) is 5. The summed E-state index contributed by atoms with van der Waals surface area (Å²) in [5, 5.41) is 10.1. The van der Waals surface area contributed by atoms with Crippen LogP contribution >= 0.6 is 0 Å². The summed E-state index contributed by atoms with van der Waals surface area (Å²) in [4.78, 5) is 13.1. The van der Waals surface area contributed by atoms with Crippen molar-refractivity contribution < 1.29 is 8.42 Å². The van der Waals surface area contributed by atoms with E-state index in [1.807, 2.05) is 19.9 Å². The highest BCUT2D eigenvalue weighted by molar-refractivity contribution is 7.90. The van der Waals surface area contributed by atoms with Gasteiger partial charge in [-0.2, -0.15) is 9.19 Å². The molecule has 0 aliphatic heterocycles. The van der Waals surface area contributed by atoms with E-state index in [2.05, 4.69) is 30.7 Å². The lowest BCUT2D eigenvalue weighted by molar-refractivity contribution is 0.578. The molecule has 3 aromatic rings. The standard InChI is InChI=1S/C18H21N7O2S/c1-3-19-15-8-17(21-9-12(15)2)23-16-6-7-20-18(24-16)13-10-22-25(11-13)28(26,27)14-4-5-14/h6-11,14H,3-5H2,1-2H3,(H2,19,20,21,23,24). The van der Waals surface area contributed by atoms with Crippen LogP contribution in [0.25, 0.3) is 11.4 Å². The van der Waals surface area contributed by atoms with Crippen LogP contribution in [0.3, 0.4) is 0 Å². The van der Waals surface area contributed by atoms with Gasteiger partial charge in [0.2, 0.25) is 0 Å². The first-order valence-electron chi connectivity index (χ1n) is 9.07. The van der Waals surface area contributed by atoms with Gasteiger partial charge in [-0.3, -0.25) is 0 Å². The van der Waals surface area contributed by atoms with Crippen molar-refractivity contribution in [2.75, 3.05) is 17.2 Å². The van der Waals surface area contributed by atoms with Gasteiger partial charge in [0.25, 0.3) is 10.0 Å². The molecule has 1 aliphatic carbocycles. The fourth-order valence-electron chi connectivity index (χ4n) is 2.75. The van der Waals surface area contributed by atoms with Crippen molar-refractivity contribution >= 4 is 27.3 Å². The molecule has 146 valence electrons. The maximum Gasteiger partial charge on any atom is 0.256 e. The molecule has 3 aromatic heterocycles. The Bertz CT molecular complexity index is 1110. The van der Waals surface area contributed by atoms with E-state index in [4.69, 9.17) is 0 Å². The van der Waals surface area contributed by atoms with Crippen molar-refractivity contribution in [1.82, 2.24) is 24.1 Å². The second-order valence-corrected chi connectivity index (χ2v) is 8.72. The average Bonchev–Trinajstić information content (AvgIpc) is 3.42. The van der Waals surface area contributed by atoms with E-state index in [1.54, 1.807) is 18.5 Å². The van der Waals surface area contributed by atoms with E-state index >= 15 is 0 Å². The maximum absolute atomic E-state index is 12.3. The van der Waals surface area contributed by atoms with Gasteiger partial charge < -0.3 is 10.6 Å². The summed E-state index contributed by atoms with van der Waals surface area (Å²) in [6, 6.07) is 3.64. The minimum Gasteiger partial charge on any atom is -0.385 e. The zero-order valence-electron chi connectivity index (χ0n) is 15.6. The minimum absolute atomic E-state index is 0.326. The molecule has 1 fully saturated rings. The van der Waals surface area contributed by atoms with Crippen molar-refractivity contribution in [1.29, 1.82) is 0 Å². The molecule has 0 amide bonds. The zero-order chi connectivity index (χ0) is 19.7. The Morgan fingerprint density at radius 3 is 2.79 bits per heavy atom. The predicted octanol–water partition coefficient (Wildman–Crippen LogP) is 2.56. The Hall–Kier alpha value is -3.01. The summed E-state index contributed by atoms with van der Waals surface area (Å²) < 4.78 is 25.6. The summed E-state index contributed by atoms with van der Waals surface area (Å²) in [6.07, 6.45) is 7.69. The van der Waals surface area contributed by atoms with Gasteiger partial charge in [-0.05, 0) is 38.3 Å². The topological polar surface area (TPSA) is 115 Å². The van der Waals surface area contributed by atoms with Crippen LogP contribution in [0.2, 0.25) is 0 Å². The Labute approximate surface area is 163 Å². The summed E-state index contributed by atoms with van der Waals surface area (Å²) in [6.45, 7) is 4.84. The van der Waals surface area contributed by atoms with Crippen LogP contribution in [0.4, 0.5) is 17.3 Å². The molecule has 2 N–H and O–H groups in total. The fraction of sp³-hybridized carbons (Fsp3) is 0.333. The van der Waals surface area contributed by atoms with Crippen LogP contribution in [0.15, 0.2) is 36.9 Å². The monoisotopic (exact) mass is 399 g/mol. The second kappa shape index (κ2) is 7.19. The molecule has 4 rings (SSSR count). The van der Waals surface area contributed by atoms with E-state index in [1.165, 1.54) is 12.4 Å². The average molecular weight is 399 g/mol. The highest BCUT2D eigenvalue weighted by Crippen LogP contribution is 2.30. The largest absolute Gasteiger partial charge is 0.385 e. The zero-order valence-corrected chi connectivity index (χ0v) is 16.4. The van der Waals surface area contributed by atoms with Gasteiger partial charge in [0.05, 0.1) is 23.2 Å². The highest BCUT2D eigenvalue weighted by Gasteiger charge is 2.37. The van der Waals surface area contributed by atoms with Gasteiger partial charge in [-0.25, -0.2) is 23.4 Å². The third-order valence-electron chi connectivity index (χ3n) is 4.41. The van der Waals surface area contributed by atoms with E-state index in [9.17, 15) is 8.42 Å². The predicted molar refractivity (Wildman–Crippen MR) is 107 cm³/mol. The SMILES string of the molecule is CCNc1cc(Nc2ccnc(-c3cnn(S(=O)(=O)C4CC4)c3)n2)ncc1C. The number of anilines is 3. The molecule has 0 atom stereocenters. The molecule has 0 saturated heterocycles. The van der Waals surface area contributed by atoms with Crippen LogP contribution in [0.1, 0.15) is 25.3 Å². The summed E-state index contributed by atoms with van der Waals surface area (Å²) in [7, 11) is -3.41. The van der Waals surface area contributed by atoms with E-state index in [-0.39, 0.29) is 5.25 Å². The van der Waals surface area contributed by atoms with Gasteiger partial charge in [0.1, 0.15) is 11.6 Å². The van der Waals surface area contributed by atoms with Crippen LogP contribution in [-0.2, 0) is 10.0 Å². The first-order valence-corrected chi connectivity index (χ1v) is 10.6. The number of pyridine rings is 1. The fourth-order valence-corrected chi connectivity index (χ4v) is 4.23. The van der Waals surface area contributed by atoms with Crippen molar-refractivity contribution in [2.45, 2.75) is 31.9 Å². The summed E-state index contributed by atoms with van der Waals surface area (Å²) in [5.41, 5.74) is 2.60. The summed E-state index contributed by atoms with van der Waals surface area (Å²) >= 11 is 0. The first-order chi connectivity index (χ1) is 13.5. The summed E-state index contributed by atoms with van der Waals surface area (Å²) in [5.74, 6) is 1.60. The minimum atomic E-state index is -3.41. The molecule has 9 nitrogen and oxygen atoms in total. The lowest BCUT2D eigenvalue weighted by Crippen LogP contribution is -2.17. The molecular weight excluding hydrogens is 378 g/mol. The Balaban J connectivity index is 1.57. The van der Waals surface area contributed by atoms with Crippen molar-refractivity contribution in [3.05, 3.63) is 42.5 Å². The van der Waals surface area contributed by atoms with E-state index in [0.29, 0.717) is 35.9 Å². The number of hydrogen-bond donors (Lipinski definition) is 2. The molecule has 0 aromatic carbocycles. The number of hydrogen-bond acceptors (Lipinski definition) is 8. The number of rotatable bonds is 7. The Morgan fingerprint density at radius 2 is 2.04 bits per heavy atom. The van der Waals surface area contributed by atoms with E-state index < -0.39 is 10.0 Å². The van der Waals surface area contributed by atoms with Crippen molar-refractivity contribution in [2.24, 2.45) is 0 Å². The molecule has 1 aliphatic rings. The van der Waals surface area contributed by atoms with Crippen LogP contribution in [0.5, 0.6) is 0 Å². The van der Waals surface area contributed by atoms with Gasteiger partial charge in [0, 0.05) is 30.7 Å². The van der Waals surface area contributed by atoms with E-state index in [0.717, 1.165) is 21.9 Å². The van der Waals surface area contributed by atoms with Crippen molar-refractivity contribution in [3.63, 3.8) is 0 Å². The third kappa shape index (κ3) is 3.68. The molecule has 0 unspecified atom stereocenters. The van der Waals surface area contributed by atoms with Gasteiger partial charge in [0.15, 0.2) is 5.82 Å². The van der Waals surface area contributed by atoms with Crippen molar-refractivity contribution in [3.8, 4) is 11.4 Å². The van der Waals surface area contributed by atoms with Gasteiger partial charge in [-0.15, -0.1) is 0 Å². The van der Waals surface area contributed by atoms with Crippen LogP contribution < -0.4 is 10.6 Å². The molecule has 0 radical (unpaired) electrons. The lowest BCUT2D eigenvalue weighted by Gasteiger charge is -2.10. The third-order valence-corrected chi connectivity index (χ3v) is 6.44. The smallest absolute Gasteiger partial charge is 0.256 e. The van der Waals surface area contributed by atoms with Gasteiger partial charge in [-0.1, -0.05) is 0 Å². The van der Waals surface area contributed by atoms with Crippen LogP contribution in [-0.4, -0.2) is 44.4 Å². The molecule has 0 spiro atoms. The maximum atomic E-state index is 12.3. The number of aryl methyl sites for hydroxylation is 1. The quantitative estimate of drug-likeness (QED) is 0.623. The molecule has 3 heterocycles.